The van der Waals surface area contributed by atoms with Crippen molar-refractivity contribution in [2.75, 3.05) is 11.9 Å². The average molecular weight is 175 g/mol. The van der Waals surface area contributed by atoms with Gasteiger partial charge in [-0.15, -0.1) is 0 Å². The van der Waals surface area contributed by atoms with Gasteiger partial charge in [-0.1, -0.05) is 31.2 Å². The van der Waals surface area contributed by atoms with Gasteiger partial charge in [0, 0.05) is 12.2 Å². The summed E-state index contributed by atoms with van der Waals surface area (Å²) in [5, 5.41) is 3.34. The van der Waals surface area contributed by atoms with Crippen LogP contribution in [0.2, 0.25) is 0 Å². The van der Waals surface area contributed by atoms with Crippen LogP contribution in [0.5, 0.6) is 0 Å². The van der Waals surface area contributed by atoms with Gasteiger partial charge in [0.15, 0.2) is 0 Å². The molecule has 0 unspecified atom stereocenters. The van der Waals surface area contributed by atoms with Crippen molar-refractivity contribution in [2.24, 2.45) is 0 Å². The lowest BCUT2D eigenvalue weighted by Gasteiger charge is -2.07. The molecule has 1 N–H and O–H groups in total. The molecule has 1 heteroatoms. The van der Waals surface area contributed by atoms with Crippen LogP contribution in [0.1, 0.15) is 18.9 Å². The normalized spacial score (nSPS) is 9.69. The number of anilines is 1. The maximum atomic E-state index is 3.95. The smallest absolute Gasteiger partial charge is 0.0357 e. The second-order valence-corrected chi connectivity index (χ2v) is 3.33. The fourth-order valence-corrected chi connectivity index (χ4v) is 1.11. The molecule has 0 bridgehead atoms. The Labute approximate surface area is 80.5 Å². The van der Waals surface area contributed by atoms with E-state index in [0.29, 0.717) is 0 Å². The molecule has 1 nitrogen and oxygen atoms in total. The number of nitrogens with one attached hydrogen (secondary N) is 1. The van der Waals surface area contributed by atoms with E-state index in [1.807, 2.05) is 0 Å². The third kappa shape index (κ3) is 3.32. The van der Waals surface area contributed by atoms with Gasteiger partial charge in [0.05, 0.1) is 0 Å². The van der Waals surface area contributed by atoms with Gasteiger partial charge in [0.1, 0.15) is 0 Å². The van der Waals surface area contributed by atoms with Crippen LogP contribution in [-0.4, -0.2) is 6.54 Å². The Bertz CT molecular complexity index is 289. The highest BCUT2D eigenvalue weighted by Gasteiger charge is 1.92. The molecule has 0 aromatic heterocycles. The van der Waals surface area contributed by atoms with Crippen LogP contribution in [-0.2, 0) is 0 Å². The van der Waals surface area contributed by atoms with Crippen molar-refractivity contribution >= 4 is 5.69 Å². The summed E-state index contributed by atoms with van der Waals surface area (Å²) in [4.78, 5) is 0. The quantitative estimate of drug-likeness (QED) is 0.692. The lowest BCUT2D eigenvalue weighted by molar-refractivity contribution is 1.05. The summed E-state index contributed by atoms with van der Waals surface area (Å²) in [7, 11) is 0. The summed E-state index contributed by atoms with van der Waals surface area (Å²) in [6, 6.07) is 8.38. The molecule has 0 aliphatic heterocycles. The molecule has 0 heterocycles. The Kier molecular flexibility index (Phi) is 3.56. The Morgan fingerprint density at radius 1 is 1.46 bits per heavy atom. The summed E-state index contributed by atoms with van der Waals surface area (Å²) in [6.45, 7) is 9.05. The van der Waals surface area contributed by atoms with Gasteiger partial charge < -0.3 is 5.32 Å². The van der Waals surface area contributed by atoms with Crippen LogP contribution < -0.4 is 5.32 Å². The van der Waals surface area contributed by atoms with Gasteiger partial charge in [0.25, 0.3) is 0 Å². The number of aryl methyl sites for hydroxylation is 1. The third-order valence-electron chi connectivity index (χ3n) is 2.06. The van der Waals surface area contributed by atoms with E-state index in [0.717, 1.165) is 13.0 Å². The molecule has 13 heavy (non-hydrogen) atoms. The second-order valence-electron chi connectivity index (χ2n) is 3.33. The predicted molar refractivity (Wildman–Crippen MR) is 59.1 cm³/mol. The molecule has 70 valence electrons. The van der Waals surface area contributed by atoms with E-state index in [2.05, 4.69) is 50.0 Å². The first kappa shape index (κ1) is 9.85. The number of hydrogen-bond donors (Lipinski definition) is 1. The van der Waals surface area contributed by atoms with Crippen molar-refractivity contribution in [1.82, 2.24) is 0 Å². The summed E-state index contributed by atoms with van der Waals surface area (Å²) in [5.74, 6) is 0. The zero-order chi connectivity index (χ0) is 9.68. The molecule has 1 aromatic rings. The van der Waals surface area contributed by atoms with Crippen molar-refractivity contribution in [3.63, 3.8) is 0 Å². The highest BCUT2D eigenvalue weighted by molar-refractivity contribution is 5.46. The Hall–Kier alpha value is -1.24. The molecule has 0 saturated carbocycles. The molecule has 1 rings (SSSR count). The maximum absolute atomic E-state index is 3.95. The topological polar surface area (TPSA) is 12.0 Å². The molecule has 1 aromatic carbocycles. The van der Waals surface area contributed by atoms with Crippen LogP contribution in [0.4, 0.5) is 5.69 Å². The van der Waals surface area contributed by atoms with Crippen LogP contribution in [0.15, 0.2) is 36.4 Å². The SMILES string of the molecule is C=C(CC)CNc1cccc(C)c1. The van der Waals surface area contributed by atoms with Crippen LogP contribution in [0.25, 0.3) is 0 Å². The molecule has 0 aliphatic rings. The molecule has 0 amide bonds. The van der Waals surface area contributed by atoms with E-state index in [1.54, 1.807) is 0 Å². The van der Waals surface area contributed by atoms with Gasteiger partial charge in [-0.2, -0.15) is 0 Å². The van der Waals surface area contributed by atoms with Gasteiger partial charge in [-0.25, -0.2) is 0 Å². The highest BCUT2D eigenvalue weighted by atomic mass is 14.9. The summed E-state index contributed by atoms with van der Waals surface area (Å²) in [5.41, 5.74) is 3.70. The summed E-state index contributed by atoms with van der Waals surface area (Å²) < 4.78 is 0. The van der Waals surface area contributed by atoms with E-state index >= 15 is 0 Å². The van der Waals surface area contributed by atoms with E-state index in [4.69, 9.17) is 0 Å². The zero-order valence-corrected chi connectivity index (χ0v) is 8.43. The van der Waals surface area contributed by atoms with Gasteiger partial charge in [-0.3, -0.25) is 0 Å². The molecule has 0 atom stereocenters. The van der Waals surface area contributed by atoms with E-state index in [9.17, 15) is 0 Å². The van der Waals surface area contributed by atoms with Crippen LogP contribution in [0.3, 0.4) is 0 Å². The summed E-state index contributed by atoms with van der Waals surface area (Å²) in [6.07, 6.45) is 1.04. The first-order valence-corrected chi connectivity index (χ1v) is 4.69. The predicted octanol–water partition coefficient (Wildman–Crippen LogP) is 3.37. The minimum Gasteiger partial charge on any atom is -0.381 e. The van der Waals surface area contributed by atoms with Crippen molar-refractivity contribution in [2.45, 2.75) is 20.3 Å². The largest absolute Gasteiger partial charge is 0.381 e. The standard InChI is InChI=1S/C12H17N/c1-4-10(2)9-13-12-7-5-6-11(3)8-12/h5-8,13H,2,4,9H2,1,3H3. The summed E-state index contributed by atoms with van der Waals surface area (Å²) >= 11 is 0. The van der Waals surface area contributed by atoms with Crippen molar-refractivity contribution in [3.05, 3.63) is 42.0 Å². The monoisotopic (exact) mass is 175 g/mol. The Morgan fingerprint density at radius 2 is 2.23 bits per heavy atom. The minimum atomic E-state index is 0.875. The molecular formula is C12H17N. The fraction of sp³-hybridized carbons (Fsp3) is 0.333. The molecule has 0 saturated heterocycles. The van der Waals surface area contributed by atoms with E-state index in [-0.39, 0.29) is 0 Å². The molecule has 0 spiro atoms. The molecule has 0 fully saturated rings. The maximum Gasteiger partial charge on any atom is 0.0357 e. The van der Waals surface area contributed by atoms with Crippen molar-refractivity contribution < 1.29 is 0 Å². The average Bonchev–Trinajstić information content (AvgIpc) is 2.14. The Morgan fingerprint density at radius 3 is 2.85 bits per heavy atom. The number of rotatable bonds is 4. The lowest BCUT2D eigenvalue weighted by atomic mass is 10.2. The lowest BCUT2D eigenvalue weighted by Crippen LogP contribution is -2.03. The van der Waals surface area contributed by atoms with Gasteiger partial charge in [-0.05, 0) is 31.0 Å². The Balaban J connectivity index is 2.50. The highest BCUT2D eigenvalue weighted by Crippen LogP contribution is 2.10. The molecule has 0 aliphatic carbocycles. The first-order valence-electron chi connectivity index (χ1n) is 4.69. The van der Waals surface area contributed by atoms with E-state index < -0.39 is 0 Å². The fourth-order valence-electron chi connectivity index (χ4n) is 1.11. The van der Waals surface area contributed by atoms with Gasteiger partial charge in [0.2, 0.25) is 0 Å². The van der Waals surface area contributed by atoms with Crippen LogP contribution in [0, 0.1) is 6.92 Å². The van der Waals surface area contributed by atoms with Gasteiger partial charge >= 0.3 is 0 Å². The molecule has 0 radical (unpaired) electrons. The van der Waals surface area contributed by atoms with E-state index in [1.165, 1.54) is 16.8 Å². The van der Waals surface area contributed by atoms with Crippen molar-refractivity contribution in [1.29, 1.82) is 0 Å². The third-order valence-corrected chi connectivity index (χ3v) is 2.06. The molecular weight excluding hydrogens is 158 g/mol. The van der Waals surface area contributed by atoms with Crippen molar-refractivity contribution in [3.8, 4) is 0 Å². The number of benzene rings is 1. The van der Waals surface area contributed by atoms with Crippen LogP contribution >= 0.6 is 0 Å². The number of hydrogen-bond acceptors (Lipinski definition) is 1. The minimum absolute atomic E-state index is 0.875. The second kappa shape index (κ2) is 4.70. The first-order chi connectivity index (χ1) is 6.22. The zero-order valence-electron chi connectivity index (χ0n) is 8.43.